The molecule has 5 nitrogen and oxygen atoms in total. The third kappa shape index (κ3) is 3.27. The standard InChI is InChI=1S/C14H17N3O2S/c1-10(12-5-4-8-20-12)17(2)14(18)16-11-6-7-13(19-3)15-9-11/h4-10H,1-3H3,(H,16,18)/t10-/m0/s1. The molecule has 20 heavy (non-hydrogen) atoms. The maximum absolute atomic E-state index is 12.2. The Morgan fingerprint density at radius 2 is 2.25 bits per heavy atom. The van der Waals surface area contributed by atoms with Gasteiger partial charge in [0, 0.05) is 18.0 Å². The Morgan fingerprint density at radius 1 is 1.45 bits per heavy atom. The molecule has 106 valence electrons. The number of anilines is 1. The quantitative estimate of drug-likeness (QED) is 0.939. The lowest BCUT2D eigenvalue weighted by Crippen LogP contribution is -2.33. The Hall–Kier alpha value is -2.08. The van der Waals surface area contributed by atoms with E-state index in [0.717, 1.165) is 4.88 Å². The third-order valence-corrected chi connectivity index (χ3v) is 4.10. The molecule has 0 aliphatic heterocycles. The summed E-state index contributed by atoms with van der Waals surface area (Å²) in [5.74, 6) is 0.517. The van der Waals surface area contributed by atoms with Gasteiger partial charge in [0.25, 0.3) is 0 Å². The average molecular weight is 291 g/mol. The molecule has 2 amide bonds. The van der Waals surface area contributed by atoms with E-state index in [0.29, 0.717) is 11.6 Å². The minimum absolute atomic E-state index is 0.0289. The third-order valence-electron chi connectivity index (χ3n) is 3.05. The Bertz CT molecular complexity index is 554. The maximum Gasteiger partial charge on any atom is 0.322 e. The van der Waals surface area contributed by atoms with Crippen LogP contribution in [0.1, 0.15) is 17.8 Å². The molecule has 1 atom stereocenters. The number of aromatic nitrogens is 1. The lowest BCUT2D eigenvalue weighted by molar-refractivity contribution is 0.209. The molecule has 2 aromatic rings. The van der Waals surface area contributed by atoms with Crippen molar-refractivity contribution in [2.75, 3.05) is 19.5 Å². The zero-order valence-corrected chi connectivity index (χ0v) is 12.5. The van der Waals surface area contributed by atoms with Crippen molar-refractivity contribution in [1.82, 2.24) is 9.88 Å². The van der Waals surface area contributed by atoms with E-state index in [9.17, 15) is 4.79 Å². The van der Waals surface area contributed by atoms with Crippen molar-refractivity contribution in [3.63, 3.8) is 0 Å². The molecule has 0 spiro atoms. The number of urea groups is 1. The molecule has 0 aromatic carbocycles. The predicted octanol–water partition coefficient (Wildman–Crippen LogP) is 3.38. The summed E-state index contributed by atoms with van der Waals surface area (Å²) >= 11 is 1.64. The van der Waals surface area contributed by atoms with Crippen molar-refractivity contribution in [1.29, 1.82) is 0 Å². The molecule has 6 heteroatoms. The van der Waals surface area contributed by atoms with Crippen LogP contribution in [0, 0.1) is 0 Å². The number of carbonyl (C=O) groups excluding carboxylic acids is 1. The van der Waals surface area contributed by atoms with Crippen LogP contribution in [-0.2, 0) is 0 Å². The number of carbonyl (C=O) groups is 1. The fraction of sp³-hybridized carbons (Fsp3) is 0.286. The summed E-state index contributed by atoms with van der Waals surface area (Å²) in [7, 11) is 3.33. The highest BCUT2D eigenvalue weighted by Gasteiger charge is 2.18. The molecule has 0 fully saturated rings. The van der Waals surface area contributed by atoms with E-state index in [4.69, 9.17) is 4.74 Å². The molecule has 0 aliphatic carbocycles. The molecule has 0 saturated carbocycles. The first kappa shape index (κ1) is 14.3. The van der Waals surface area contributed by atoms with Crippen molar-refractivity contribution >= 4 is 23.1 Å². The highest BCUT2D eigenvalue weighted by Crippen LogP contribution is 2.24. The molecular weight excluding hydrogens is 274 g/mol. The summed E-state index contributed by atoms with van der Waals surface area (Å²) in [4.78, 5) is 19.0. The van der Waals surface area contributed by atoms with Gasteiger partial charge < -0.3 is 15.0 Å². The fourth-order valence-corrected chi connectivity index (χ4v) is 2.51. The van der Waals surface area contributed by atoms with Crippen molar-refractivity contribution < 1.29 is 9.53 Å². The van der Waals surface area contributed by atoms with E-state index in [1.165, 1.54) is 0 Å². The minimum atomic E-state index is -0.169. The van der Waals surface area contributed by atoms with Crippen LogP contribution < -0.4 is 10.1 Å². The molecule has 0 aliphatic rings. The maximum atomic E-state index is 12.2. The largest absolute Gasteiger partial charge is 0.481 e. The lowest BCUT2D eigenvalue weighted by atomic mass is 10.2. The van der Waals surface area contributed by atoms with Crippen molar-refractivity contribution in [2.45, 2.75) is 13.0 Å². The van der Waals surface area contributed by atoms with Gasteiger partial charge in [-0.15, -0.1) is 11.3 Å². The first-order valence-corrected chi connectivity index (χ1v) is 7.07. The Morgan fingerprint density at radius 3 is 2.80 bits per heavy atom. The summed E-state index contributed by atoms with van der Waals surface area (Å²) in [6.07, 6.45) is 1.57. The van der Waals surface area contributed by atoms with Gasteiger partial charge in [-0.25, -0.2) is 9.78 Å². The minimum Gasteiger partial charge on any atom is -0.481 e. The predicted molar refractivity (Wildman–Crippen MR) is 80.3 cm³/mol. The number of ether oxygens (including phenoxy) is 1. The topological polar surface area (TPSA) is 54.5 Å². The van der Waals surface area contributed by atoms with E-state index in [2.05, 4.69) is 10.3 Å². The van der Waals surface area contributed by atoms with Gasteiger partial charge in [-0.05, 0) is 24.4 Å². The average Bonchev–Trinajstić information content (AvgIpc) is 3.00. The van der Waals surface area contributed by atoms with Crippen LogP contribution in [0.25, 0.3) is 0 Å². The molecular formula is C14H17N3O2S. The SMILES string of the molecule is COc1ccc(NC(=O)N(C)[C@@H](C)c2cccs2)cn1. The monoisotopic (exact) mass is 291 g/mol. The number of methoxy groups -OCH3 is 1. The second kappa shape index (κ2) is 6.38. The van der Waals surface area contributed by atoms with Crippen LogP contribution in [0.4, 0.5) is 10.5 Å². The number of thiophene rings is 1. The van der Waals surface area contributed by atoms with Gasteiger partial charge in [-0.3, -0.25) is 0 Å². The molecule has 0 bridgehead atoms. The molecule has 1 N–H and O–H groups in total. The number of rotatable bonds is 4. The first-order chi connectivity index (χ1) is 9.61. The summed E-state index contributed by atoms with van der Waals surface area (Å²) in [6.45, 7) is 2.00. The summed E-state index contributed by atoms with van der Waals surface area (Å²) in [6, 6.07) is 7.33. The Balaban J connectivity index is 2.00. The number of hydrogen-bond acceptors (Lipinski definition) is 4. The van der Waals surface area contributed by atoms with Gasteiger partial charge >= 0.3 is 6.03 Å². The zero-order chi connectivity index (χ0) is 14.5. The highest BCUT2D eigenvalue weighted by atomic mass is 32.1. The molecule has 0 saturated heterocycles. The van der Waals surface area contributed by atoms with Gasteiger partial charge in [0.1, 0.15) is 0 Å². The van der Waals surface area contributed by atoms with Gasteiger partial charge in [0.15, 0.2) is 0 Å². The van der Waals surface area contributed by atoms with Crippen LogP contribution in [0.2, 0.25) is 0 Å². The van der Waals surface area contributed by atoms with Gasteiger partial charge in [-0.2, -0.15) is 0 Å². The van der Waals surface area contributed by atoms with E-state index >= 15 is 0 Å². The van der Waals surface area contributed by atoms with E-state index in [-0.39, 0.29) is 12.1 Å². The smallest absolute Gasteiger partial charge is 0.322 e. The second-order valence-electron chi connectivity index (χ2n) is 4.32. The number of amides is 2. The van der Waals surface area contributed by atoms with E-state index in [1.807, 2.05) is 24.4 Å². The Labute approximate surface area is 122 Å². The van der Waals surface area contributed by atoms with Crippen LogP contribution in [0.15, 0.2) is 35.8 Å². The number of nitrogens with zero attached hydrogens (tertiary/aromatic N) is 2. The number of hydrogen-bond donors (Lipinski definition) is 1. The Kier molecular flexibility index (Phi) is 4.57. The number of nitrogens with one attached hydrogen (secondary N) is 1. The van der Waals surface area contributed by atoms with Crippen LogP contribution in [-0.4, -0.2) is 30.1 Å². The molecule has 0 unspecified atom stereocenters. The first-order valence-electron chi connectivity index (χ1n) is 6.19. The van der Waals surface area contributed by atoms with Crippen molar-refractivity contribution in [3.8, 4) is 5.88 Å². The molecule has 0 radical (unpaired) electrons. The lowest BCUT2D eigenvalue weighted by Gasteiger charge is -2.24. The zero-order valence-electron chi connectivity index (χ0n) is 11.7. The number of pyridine rings is 1. The fourth-order valence-electron chi connectivity index (χ4n) is 1.68. The van der Waals surface area contributed by atoms with Crippen molar-refractivity contribution in [2.24, 2.45) is 0 Å². The van der Waals surface area contributed by atoms with Crippen LogP contribution in [0.3, 0.4) is 0 Å². The molecule has 2 rings (SSSR count). The van der Waals surface area contributed by atoms with Crippen LogP contribution >= 0.6 is 11.3 Å². The second-order valence-corrected chi connectivity index (χ2v) is 5.30. The summed E-state index contributed by atoms with van der Waals surface area (Å²) < 4.78 is 4.98. The van der Waals surface area contributed by atoms with E-state index in [1.54, 1.807) is 48.7 Å². The molecule has 2 heterocycles. The van der Waals surface area contributed by atoms with E-state index < -0.39 is 0 Å². The van der Waals surface area contributed by atoms with Gasteiger partial charge in [0.05, 0.1) is 25.0 Å². The normalized spacial score (nSPS) is 11.8. The van der Waals surface area contributed by atoms with Crippen LogP contribution in [0.5, 0.6) is 5.88 Å². The summed E-state index contributed by atoms with van der Waals surface area (Å²) in [5.41, 5.74) is 0.640. The van der Waals surface area contributed by atoms with Gasteiger partial charge in [0.2, 0.25) is 5.88 Å². The van der Waals surface area contributed by atoms with Crippen molar-refractivity contribution in [3.05, 3.63) is 40.7 Å². The highest BCUT2D eigenvalue weighted by molar-refractivity contribution is 7.10. The van der Waals surface area contributed by atoms with Gasteiger partial charge in [-0.1, -0.05) is 6.07 Å². The molecule has 2 aromatic heterocycles. The summed E-state index contributed by atoms with van der Waals surface area (Å²) in [5, 5.41) is 4.81.